The molecule has 2 rings (SSSR count). The molecule has 20 heavy (non-hydrogen) atoms. The van der Waals surface area contributed by atoms with Gasteiger partial charge >= 0.3 is 0 Å². The lowest BCUT2D eigenvalue weighted by Gasteiger charge is -2.14. The molecule has 0 aromatic heterocycles. The van der Waals surface area contributed by atoms with Crippen molar-refractivity contribution >= 4 is 31.9 Å². The van der Waals surface area contributed by atoms with Crippen LogP contribution in [0.1, 0.15) is 18.5 Å². The molecule has 0 spiro atoms. The van der Waals surface area contributed by atoms with Crippen LogP contribution in [0, 0.1) is 5.82 Å². The van der Waals surface area contributed by atoms with Gasteiger partial charge in [0.1, 0.15) is 17.3 Å². The van der Waals surface area contributed by atoms with E-state index in [4.69, 9.17) is 4.74 Å². The second-order valence-electron chi connectivity index (χ2n) is 4.40. The van der Waals surface area contributed by atoms with E-state index in [0.29, 0.717) is 16.0 Å². The van der Waals surface area contributed by atoms with Gasteiger partial charge in [-0.3, -0.25) is 0 Å². The number of halogens is 3. The first kappa shape index (κ1) is 15.5. The van der Waals surface area contributed by atoms with Crippen LogP contribution in [0.2, 0.25) is 0 Å². The number of hydrogen-bond acceptors (Lipinski definition) is 2. The quantitative estimate of drug-likeness (QED) is 0.736. The molecular weight excluding hydrogens is 389 g/mol. The molecule has 0 fully saturated rings. The summed E-state index contributed by atoms with van der Waals surface area (Å²) in [4.78, 5) is 0. The molecule has 1 unspecified atom stereocenters. The van der Waals surface area contributed by atoms with Crippen LogP contribution in [0.5, 0.6) is 11.5 Å². The minimum absolute atomic E-state index is 0.238. The van der Waals surface area contributed by atoms with Gasteiger partial charge in [0, 0.05) is 21.1 Å². The Morgan fingerprint density at radius 3 is 2.45 bits per heavy atom. The fraction of sp³-hybridized carbons (Fsp3) is 0.200. The maximum Gasteiger partial charge on any atom is 0.131 e. The lowest BCUT2D eigenvalue weighted by atomic mass is 10.1. The summed E-state index contributed by atoms with van der Waals surface area (Å²) < 4.78 is 20.6. The minimum atomic E-state index is -0.339. The molecule has 0 aliphatic carbocycles. The van der Waals surface area contributed by atoms with Gasteiger partial charge in [-0.25, -0.2) is 4.39 Å². The molecule has 5 heteroatoms. The highest BCUT2D eigenvalue weighted by Gasteiger charge is 2.09. The average molecular weight is 403 g/mol. The molecule has 0 saturated heterocycles. The zero-order chi connectivity index (χ0) is 14.7. The third-order valence-corrected chi connectivity index (χ3v) is 4.09. The molecule has 0 radical (unpaired) electrons. The van der Waals surface area contributed by atoms with Crippen molar-refractivity contribution in [1.82, 2.24) is 5.32 Å². The Labute approximate surface area is 134 Å². The average Bonchev–Trinajstić information content (AvgIpc) is 2.36. The molecule has 0 saturated carbocycles. The predicted octanol–water partition coefficient (Wildman–Crippen LogP) is 5.42. The summed E-state index contributed by atoms with van der Waals surface area (Å²) >= 11 is 6.77. The smallest absolute Gasteiger partial charge is 0.131 e. The topological polar surface area (TPSA) is 21.3 Å². The maximum absolute atomic E-state index is 13.3. The molecule has 0 heterocycles. The number of ether oxygens (including phenoxy) is 1. The first-order valence-corrected chi connectivity index (χ1v) is 7.69. The van der Waals surface area contributed by atoms with Gasteiger partial charge in [-0.15, -0.1) is 0 Å². The molecule has 2 nitrogen and oxygen atoms in total. The summed E-state index contributed by atoms with van der Waals surface area (Å²) in [6, 6.07) is 10.4. The van der Waals surface area contributed by atoms with E-state index < -0.39 is 0 Å². The molecule has 1 atom stereocenters. The van der Waals surface area contributed by atoms with Gasteiger partial charge in [-0.2, -0.15) is 0 Å². The number of nitrogens with one attached hydrogen (secondary N) is 1. The molecule has 106 valence electrons. The van der Waals surface area contributed by atoms with Crippen LogP contribution in [-0.4, -0.2) is 7.05 Å². The Balaban J connectivity index is 2.24. The van der Waals surface area contributed by atoms with Gasteiger partial charge in [0.2, 0.25) is 0 Å². The molecule has 0 aliphatic heterocycles. The zero-order valence-corrected chi connectivity index (χ0v) is 14.3. The van der Waals surface area contributed by atoms with Gasteiger partial charge in [-0.1, -0.05) is 37.9 Å². The summed E-state index contributed by atoms with van der Waals surface area (Å²) in [6.45, 7) is 2.07. The van der Waals surface area contributed by atoms with Crippen LogP contribution < -0.4 is 10.1 Å². The number of rotatable bonds is 4. The second-order valence-corrected chi connectivity index (χ2v) is 6.17. The lowest BCUT2D eigenvalue weighted by Crippen LogP contribution is -2.12. The van der Waals surface area contributed by atoms with Gasteiger partial charge < -0.3 is 10.1 Å². The summed E-state index contributed by atoms with van der Waals surface area (Å²) in [6.07, 6.45) is 0. The van der Waals surface area contributed by atoms with Crippen molar-refractivity contribution in [3.63, 3.8) is 0 Å². The van der Waals surface area contributed by atoms with Crippen LogP contribution in [0.25, 0.3) is 0 Å². The summed E-state index contributed by atoms with van der Waals surface area (Å²) in [7, 11) is 1.91. The van der Waals surface area contributed by atoms with Crippen LogP contribution in [0.4, 0.5) is 4.39 Å². The van der Waals surface area contributed by atoms with Crippen LogP contribution in [0.15, 0.2) is 45.3 Å². The van der Waals surface area contributed by atoms with Crippen molar-refractivity contribution in [2.45, 2.75) is 13.0 Å². The highest BCUT2D eigenvalue weighted by Crippen LogP contribution is 2.31. The van der Waals surface area contributed by atoms with E-state index >= 15 is 0 Å². The summed E-state index contributed by atoms with van der Waals surface area (Å²) in [5.41, 5.74) is 1.14. The lowest BCUT2D eigenvalue weighted by molar-refractivity contribution is 0.475. The van der Waals surface area contributed by atoms with E-state index in [2.05, 4.69) is 44.1 Å². The zero-order valence-electron chi connectivity index (χ0n) is 11.1. The van der Waals surface area contributed by atoms with Crippen LogP contribution >= 0.6 is 31.9 Å². The third kappa shape index (κ3) is 3.81. The molecular formula is C15H14Br2FNO. The number of hydrogen-bond donors (Lipinski definition) is 1. The molecule has 0 aliphatic rings. The molecule has 2 aromatic rings. The van der Waals surface area contributed by atoms with Crippen molar-refractivity contribution < 1.29 is 9.13 Å². The maximum atomic E-state index is 13.3. The van der Waals surface area contributed by atoms with Crippen LogP contribution in [0.3, 0.4) is 0 Å². The van der Waals surface area contributed by atoms with Crippen molar-refractivity contribution in [2.75, 3.05) is 7.05 Å². The SMILES string of the molecule is CNC(C)c1ccc(Oc2cc(F)cc(Br)c2)cc1Br. The highest BCUT2D eigenvalue weighted by molar-refractivity contribution is 9.10. The summed E-state index contributed by atoms with van der Waals surface area (Å²) in [5.74, 6) is 0.772. The predicted molar refractivity (Wildman–Crippen MR) is 85.8 cm³/mol. The van der Waals surface area contributed by atoms with Crippen molar-refractivity contribution in [1.29, 1.82) is 0 Å². The monoisotopic (exact) mass is 401 g/mol. The fourth-order valence-electron chi connectivity index (χ4n) is 1.80. The second kappa shape index (κ2) is 6.70. The highest BCUT2D eigenvalue weighted by atomic mass is 79.9. The first-order chi connectivity index (χ1) is 9.49. The van der Waals surface area contributed by atoms with E-state index in [1.165, 1.54) is 12.1 Å². The van der Waals surface area contributed by atoms with Gasteiger partial charge in [0.15, 0.2) is 0 Å². The van der Waals surface area contributed by atoms with E-state index in [-0.39, 0.29) is 11.9 Å². The first-order valence-electron chi connectivity index (χ1n) is 6.10. The van der Waals surface area contributed by atoms with Gasteiger partial charge in [-0.05, 0) is 43.8 Å². The Hall–Kier alpha value is -0.910. The van der Waals surface area contributed by atoms with Gasteiger partial charge in [0.05, 0.1) is 0 Å². The van der Waals surface area contributed by atoms with E-state index in [1.807, 2.05) is 25.2 Å². The molecule has 1 N–H and O–H groups in total. The van der Waals surface area contributed by atoms with Crippen molar-refractivity contribution in [3.8, 4) is 11.5 Å². The minimum Gasteiger partial charge on any atom is -0.457 e. The third-order valence-electron chi connectivity index (χ3n) is 2.94. The van der Waals surface area contributed by atoms with Gasteiger partial charge in [0.25, 0.3) is 0 Å². The Bertz CT molecular complexity index is 599. The Morgan fingerprint density at radius 1 is 1.10 bits per heavy atom. The van der Waals surface area contributed by atoms with E-state index in [9.17, 15) is 4.39 Å². The molecule has 0 bridgehead atoms. The van der Waals surface area contributed by atoms with E-state index in [0.717, 1.165) is 10.0 Å². The summed E-state index contributed by atoms with van der Waals surface area (Å²) in [5, 5.41) is 3.18. The largest absolute Gasteiger partial charge is 0.457 e. The Morgan fingerprint density at radius 2 is 1.85 bits per heavy atom. The van der Waals surface area contributed by atoms with Crippen LogP contribution in [-0.2, 0) is 0 Å². The standard InChI is InChI=1S/C15H14Br2FNO/c1-9(19-2)14-4-3-12(8-15(14)17)20-13-6-10(16)5-11(18)7-13/h3-9,19H,1-2H3. The molecule has 2 aromatic carbocycles. The van der Waals surface area contributed by atoms with Crippen molar-refractivity contribution in [2.24, 2.45) is 0 Å². The molecule has 0 amide bonds. The van der Waals surface area contributed by atoms with E-state index in [1.54, 1.807) is 6.07 Å². The Kier molecular flexibility index (Phi) is 5.18. The van der Waals surface area contributed by atoms with Crippen molar-refractivity contribution in [3.05, 3.63) is 56.7 Å². The number of benzene rings is 2. The normalized spacial score (nSPS) is 12.2. The fourth-order valence-corrected chi connectivity index (χ4v) is 2.95.